The van der Waals surface area contributed by atoms with Crippen LogP contribution >= 0.6 is 0 Å². The van der Waals surface area contributed by atoms with Gasteiger partial charge in [-0.2, -0.15) is 0 Å². The van der Waals surface area contributed by atoms with Gasteiger partial charge < -0.3 is 20.5 Å². The number of benzene rings is 1. The molecule has 1 aliphatic rings. The van der Waals surface area contributed by atoms with E-state index in [0.29, 0.717) is 12.5 Å². The van der Waals surface area contributed by atoms with Crippen LogP contribution in [0.1, 0.15) is 24.8 Å². The van der Waals surface area contributed by atoms with Gasteiger partial charge in [-0.3, -0.25) is 0 Å². The molecular formula is C15H22N2O3. The topological polar surface area (TPSA) is 75.8 Å². The van der Waals surface area contributed by atoms with Crippen molar-refractivity contribution < 1.29 is 14.6 Å². The molecule has 0 saturated carbocycles. The molecule has 0 fully saturated rings. The first-order chi connectivity index (χ1) is 9.49. The first-order valence-electron chi connectivity index (χ1n) is 6.84. The van der Waals surface area contributed by atoms with Crippen molar-refractivity contribution in [3.05, 3.63) is 29.8 Å². The summed E-state index contributed by atoms with van der Waals surface area (Å²) in [4.78, 5) is 13.7. The van der Waals surface area contributed by atoms with E-state index in [0.717, 1.165) is 18.7 Å². The van der Waals surface area contributed by atoms with E-state index in [2.05, 4.69) is 10.8 Å². The summed E-state index contributed by atoms with van der Waals surface area (Å²) in [6.45, 7) is 3.10. The molecular weight excluding hydrogens is 256 g/mol. The number of carbonyl (C=O) groups excluding carboxylic acids is 1. The fraction of sp³-hybridized carbons (Fsp3) is 0.533. The lowest BCUT2D eigenvalue weighted by Crippen LogP contribution is -2.47. The van der Waals surface area contributed by atoms with Gasteiger partial charge in [0.05, 0.1) is 13.7 Å². The summed E-state index contributed by atoms with van der Waals surface area (Å²) in [6.07, 6.45) is 0.897. The van der Waals surface area contributed by atoms with E-state index >= 15 is 0 Å². The van der Waals surface area contributed by atoms with Crippen LogP contribution in [0.25, 0.3) is 0 Å². The van der Waals surface area contributed by atoms with Crippen molar-refractivity contribution in [1.29, 1.82) is 0 Å². The number of β-amino-alcohol motifs (C(OH)–C–C–N with tert-alkyl or cyclic N) is 1. The van der Waals surface area contributed by atoms with Gasteiger partial charge in [0.2, 0.25) is 0 Å². The Morgan fingerprint density at radius 2 is 2.25 bits per heavy atom. The van der Waals surface area contributed by atoms with E-state index in [-0.39, 0.29) is 6.54 Å². The molecule has 0 radical (unpaired) electrons. The Balaban J connectivity index is 2.20. The molecule has 5 nitrogen and oxygen atoms in total. The van der Waals surface area contributed by atoms with Gasteiger partial charge in [0.15, 0.2) is 5.60 Å². The van der Waals surface area contributed by atoms with Crippen LogP contribution < -0.4 is 10.6 Å². The number of carbonyl (C=O) groups is 1. The first kappa shape index (κ1) is 14.8. The summed E-state index contributed by atoms with van der Waals surface area (Å²) in [5, 5.41) is 10.2. The number of nitrogens with zero attached hydrogens (tertiary/aromatic N) is 1. The largest absolute Gasteiger partial charge is 0.467 e. The highest BCUT2D eigenvalue weighted by atomic mass is 16.5. The average Bonchev–Trinajstić information content (AvgIpc) is 2.76. The second-order valence-corrected chi connectivity index (χ2v) is 5.48. The number of fused-ring (bicyclic) bond motifs is 1. The summed E-state index contributed by atoms with van der Waals surface area (Å²) >= 11 is 0. The van der Waals surface area contributed by atoms with Crippen molar-refractivity contribution >= 4 is 11.7 Å². The molecule has 1 heterocycles. The number of anilines is 1. The predicted octanol–water partition coefficient (Wildman–Crippen LogP) is 0.863. The minimum Gasteiger partial charge on any atom is -0.467 e. The monoisotopic (exact) mass is 278 g/mol. The standard InChI is InChI=1S/C15H22N2O3/c1-15(19,14(18)20-2)10-17-9-11(7-8-16)12-5-3-4-6-13(12)17/h3-6,11,19H,7-10,16H2,1-2H3. The SMILES string of the molecule is COC(=O)C(C)(O)CN1CC(CCN)c2ccccc21. The van der Waals surface area contributed by atoms with E-state index in [1.54, 1.807) is 0 Å². The van der Waals surface area contributed by atoms with Crippen LogP contribution in [0.4, 0.5) is 5.69 Å². The smallest absolute Gasteiger partial charge is 0.339 e. The molecule has 3 N–H and O–H groups in total. The maximum absolute atomic E-state index is 11.6. The Hall–Kier alpha value is -1.59. The van der Waals surface area contributed by atoms with Crippen LogP contribution in [0.15, 0.2) is 24.3 Å². The van der Waals surface area contributed by atoms with Crippen LogP contribution in [-0.4, -0.2) is 43.4 Å². The summed E-state index contributed by atoms with van der Waals surface area (Å²) < 4.78 is 4.65. The molecule has 0 aromatic heterocycles. The highest BCUT2D eigenvalue weighted by molar-refractivity contribution is 5.80. The third-order valence-electron chi connectivity index (χ3n) is 3.80. The number of aliphatic hydroxyl groups is 1. The second kappa shape index (κ2) is 5.81. The van der Waals surface area contributed by atoms with E-state index in [9.17, 15) is 9.90 Å². The number of hydrogen-bond donors (Lipinski definition) is 2. The van der Waals surface area contributed by atoms with Crippen molar-refractivity contribution in [1.82, 2.24) is 0 Å². The number of ether oxygens (including phenoxy) is 1. The zero-order valence-electron chi connectivity index (χ0n) is 12.0. The molecule has 2 atom stereocenters. The summed E-state index contributed by atoms with van der Waals surface area (Å²) in [5.74, 6) is -0.262. The van der Waals surface area contributed by atoms with Gasteiger partial charge in [-0.25, -0.2) is 4.79 Å². The van der Waals surface area contributed by atoms with Gasteiger partial charge in [0.25, 0.3) is 0 Å². The molecule has 2 rings (SSSR count). The van der Waals surface area contributed by atoms with Crippen molar-refractivity contribution in [3.8, 4) is 0 Å². The molecule has 2 unspecified atom stereocenters. The van der Waals surface area contributed by atoms with Crippen LogP contribution in [0, 0.1) is 0 Å². The Morgan fingerprint density at radius 3 is 2.90 bits per heavy atom. The maximum atomic E-state index is 11.6. The minimum atomic E-state index is -1.51. The zero-order chi connectivity index (χ0) is 14.8. The van der Waals surface area contributed by atoms with Crippen LogP contribution in [0.5, 0.6) is 0 Å². The van der Waals surface area contributed by atoms with E-state index in [1.165, 1.54) is 19.6 Å². The summed E-state index contributed by atoms with van der Waals surface area (Å²) in [6, 6.07) is 8.07. The molecule has 0 bridgehead atoms. The number of esters is 1. The molecule has 0 saturated heterocycles. The minimum absolute atomic E-state index is 0.220. The Morgan fingerprint density at radius 1 is 1.55 bits per heavy atom. The highest BCUT2D eigenvalue weighted by Crippen LogP contribution is 2.38. The third-order valence-corrected chi connectivity index (χ3v) is 3.80. The molecule has 5 heteroatoms. The third kappa shape index (κ3) is 2.78. The van der Waals surface area contributed by atoms with Gasteiger partial charge >= 0.3 is 5.97 Å². The number of nitrogens with two attached hydrogens (primary N) is 1. The van der Waals surface area contributed by atoms with E-state index < -0.39 is 11.6 Å². The predicted molar refractivity (Wildman–Crippen MR) is 77.7 cm³/mol. The number of methoxy groups -OCH3 is 1. The fourth-order valence-electron chi connectivity index (χ4n) is 2.84. The van der Waals surface area contributed by atoms with Crippen molar-refractivity contribution in [2.24, 2.45) is 5.73 Å². The molecule has 0 spiro atoms. The van der Waals surface area contributed by atoms with Crippen molar-refractivity contribution in [2.75, 3.05) is 31.6 Å². The normalized spacial score (nSPS) is 20.4. The lowest BCUT2D eigenvalue weighted by atomic mass is 9.98. The zero-order valence-corrected chi connectivity index (χ0v) is 12.0. The van der Waals surface area contributed by atoms with Crippen molar-refractivity contribution in [2.45, 2.75) is 24.9 Å². The van der Waals surface area contributed by atoms with Gasteiger partial charge in [-0.1, -0.05) is 18.2 Å². The van der Waals surface area contributed by atoms with Crippen LogP contribution in [-0.2, 0) is 9.53 Å². The van der Waals surface area contributed by atoms with Crippen molar-refractivity contribution in [3.63, 3.8) is 0 Å². The molecule has 110 valence electrons. The second-order valence-electron chi connectivity index (χ2n) is 5.48. The Bertz CT molecular complexity index is 488. The summed E-state index contributed by atoms with van der Waals surface area (Å²) in [5.41, 5.74) is 6.45. The Kier molecular flexibility index (Phi) is 4.30. The highest BCUT2D eigenvalue weighted by Gasteiger charge is 2.37. The lowest BCUT2D eigenvalue weighted by Gasteiger charge is -2.28. The number of hydrogen-bond acceptors (Lipinski definition) is 5. The molecule has 1 aromatic carbocycles. The number of para-hydroxylation sites is 1. The quantitative estimate of drug-likeness (QED) is 0.781. The van der Waals surface area contributed by atoms with Crippen LogP contribution in [0.3, 0.4) is 0 Å². The Labute approximate surface area is 119 Å². The van der Waals surface area contributed by atoms with Gasteiger partial charge in [0, 0.05) is 18.2 Å². The average molecular weight is 278 g/mol. The van der Waals surface area contributed by atoms with Crippen LogP contribution in [0.2, 0.25) is 0 Å². The molecule has 0 aliphatic carbocycles. The first-order valence-corrected chi connectivity index (χ1v) is 6.84. The molecule has 1 aliphatic heterocycles. The summed E-state index contributed by atoms with van der Waals surface area (Å²) in [7, 11) is 1.28. The van der Waals surface area contributed by atoms with Gasteiger partial charge in [-0.15, -0.1) is 0 Å². The number of rotatable bonds is 5. The molecule has 0 amide bonds. The fourth-order valence-corrected chi connectivity index (χ4v) is 2.84. The van der Waals surface area contributed by atoms with E-state index in [4.69, 9.17) is 5.73 Å². The van der Waals surface area contributed by atoms with E-state index in [1.807, 2.05) is 23.1 Å². The molecule has 1 aromatic rings. The lowest BCUT2D eigenvalue weighted by molar-refractivity contribution is -0.159. The van der Waals surface area contributed by atoms with Gasteiger partial charge in [-0.05, 0) is 31.5 Å². The molecule has 20 heavy (non-hydrogen) atoms. The maximum Gasteiger partial charge on any atom is 0.339 e. The van der Waals surface area contributed by atoms with Gasteiger partial charge in [0.1, 0.15) is 0 Å².